The summed E-state index contributed by atoms with van der Waals surface area (Å²) < 4.78 is 0. The number of hydrogen-bond donors (Lipinski definition) is 2. The fraction of sp³-hybridized carbons (Fsp3) is 0.364. The van der Waals surface area contributed by atoms with Crippen molar-refractivity contribution >= 4 is 16.3 Å². The molecule has 7 nitrogen and oxygen atoms in total. The van der Waals surface area contributed by atoms with E-state index in [0.29, 0.717) is 5.57 Å². The average Bonchev–Trinajstić information content (AvgIpc) is 3.04. The zero-order valence-electron chi connectivity index (χ0n) is 9.87. The van der Waals surface area contributed by atoms with Gasteiger partial charge < -0.3 is 5.43 Å². The van der Waals surface area contributed by atoms with Gasteiger partial charge in [-0.05, 0) is 12.5 Å². The van der Waals surface area contributed by atoms with Crippen molar-refractivity contribution in [3.8, 4) is 6.07 Å². The van der Waals surface area contributed by atoms with Gasteiger partial charge >= 0.3 is 5.00 Å². The molecule has 1 aromatic rings. The number of nitrogens with zero attached hydrogens (tertiary/aromatic N) is 3. The number of fused-ring (bicyclic) bond motifs is 1. The summed E-state index contributed by atoms with van der Waals surface area (Å²) >= 11 is 1.19. The van der Waals surface area contributed by atoms with Crippen molar-refractivity contribution < 1.29 is 4.92 Å². The number of hydrogen-bond acceptors (Lipinski definition) is 7. The van der Waals surface area contributed by atoms with E-state index in [0.717, 1.165) is 17.8 Å². The first-order chi connectivity index (χ1) is 9.19. The highest BCUT2D eigenvalue weighted by Crippen LogP contribution is 2.33. The molecule has 2 atom stereocenters. The van der Waals surface area contributed by atoms with Crippen LogP contribution in [0.5, 0.6) is 0 Å². The van der Waals surface area contributed by atoms with Crippen LogP contribution < -0.4 is 10.7 Å². The molecule has 3 rings (SSSR count). The molecule has 2 N–H and O–H groups in total. The summed E-state index contributed by atoms with van der Waals surface area (Å²) in [6.07, 6.45) is 2.38. The minimum Gasteiger partial charge on any atom is -0.323 e. The summed E-state index contributed by atoms with van der Waals surface area (Å²) in [6, 6.07) is 5.52. The van der Waals surface area contributed by atoms with E-state index in [1.807, 2.05) is 5.01 Å². The molecule has 3 heterocycles. The highest BCUT2D eigenvalue weighted by molar-refractivity contribution is 7.15. The summed E-state index contributed by atoms with van der Waals surface area (Å²) in [7, 11) is 0. The predicted molar refractivity (Wildman–Crippen MR) is 68.8 cm³/mol. The van der Waals surface area contributed by atoms with Gasteiger partial charge in [0.2, 0.25) is 0 Å². The zero-order chi connectivity index (χ0) is 13.4. The lowest BCUT2D eigenvalue weighted by atomic mass is 10.1. The van der Waals surface area contributed by atoms with Crippen LogP contribution in [0.4, 0.5) is 5.00 Å². The molecule has 0 bridgehead atoms. The van der Waals surface area contributed by atoms with Crippen molar-refractivity contribution in [3.63, 3.8) is 0 Å². The fourth-order valence-corrected chi connectivity index (χ4v) is 3.25. The van der Waals surface area contributed by atoms with E-state index in [-0.39, 0.29) is 22.1 Å². The molecule has 0 aromatic carbocycles. The highest BCUT2D eigenvalue weighted by Gasteiger charge is 2.35. The predicted octanol–water partition coefficient (Wildman–Crippen LogP) is 1.24. The molecule has 0 aliphatic carbocycles. The lowest BCUT2D eigenvalue weighted by Gasteiger charge is -2.35. The number of hydrazine groups is 1. The van der Waals surface area contributed by atoms with Gasteiger partial charge in [-0.1, -0.05) is 11.3 Å². The maximum atomic E-state index is 10.7. The zero-order valence-corrected chi connectivity index (χ0v) is 10.7. The first-order valence-corrected chi connectivity index (χ1v) is 6.64. The lowest BCUT2D eigenvalue weighted by Crippen LogP contribution is -2.53. The van der Waals surface area contributed by atoms with Crippen LogP contribution in [0.2, 0.25) is 0 Å². The molecular weight excluding hydrogens is 266 g/mol. The Balaban J connectivity index is 1.78. The number of nitro groups is 1. The lowest BCUT2D eigenvalue weighted by molar-refractivity contribution is -0.380. The van der Waals surface area contributed by atoms with E-state index in [2.05, 4.69) is 16.8 Å². The van der Waals surface area contributed by atoms with Crippen LogP contribution in [0.15, 0.2) is 23.9 Å². The van der Waals surface area contributed by atoms with Crippen LogP contribution >= 0.6 is 11.3 Å². The molecule has 19 heavy (non-hydrogen) atoms. The van der Waals surface area contributed by atoms with Gasteiger partial charge in [-0.15, -0.1) is 0 Å². The van der Waals surface area contributed by atoms with Crippen molar-refractivity contribution in [1.29, 1.82) is 5.26 Å². The van der Waals surface area contributed by atoms with Gasteiger partial charge in [0, 0.05) is 29.7 Å². The van der Waals surface area contributed by atoms with Crippen LogP contribution in [0.1, 0.15) is 17.3 Å². The standard InChI is InChI=1S/C11H11N5O2S/c12-5-7-6-13-15-4-3-8(14-11(7)15)9-1-2-10(19-9)16(17)18/h1-2,6,8,11,13-14H,3-4H2. The number of rotatable bonds is 2. The first kappa shape index (κ1) is 12.1. The first-order valence-electron chi connectivity index (χ1n) is 5.82. The number of nitrogens with one attached hydrogen (secondary N) is 2. The maximum absolute atomic E-state index is 10.7. The Morgan fingerprint density at radius 2 is 2.42 bits per heavy atom. The summed E-state index contributed by atoms with van der Waals surface area (Å²) in [5.74, 6) is 0. The molecule has 2 aliphatic rings. The summed E-state index contributed by atoms with van der Waals surface area (Å²) in [6.45, 7) is 0.787. The highest BCUT2D eigenvalue weighted by atomic mass is 32.1. The Bertz CT molecular complexity index is 590. The van der Waals surface area contributed by atoms with Gasteiger partial charge in [0.1, 0.15) is 6.17 Å². The van der Waals surface area contributed by atoms with Gasteiger partial charge in [-0.25, -0.2) is 5.01 Å². The van der Waals surface area contributed by atoms with Crippen LogP contribution in [-0.2, 0) is 0 Å². The van der Waals surface area contributed by atoms with Crippen LogP contribution in [0, 0.1) is 21.4 Å². The van der Waals surface area contributed by atoms with Crippen LogP contribution in [-0.4, -0.2) is 22.6 Å². The summed E-state index contributed by atoms with van der Waals surface area (Å²) in [4.78, 5) is 11.3. The second kappa shape index (κ2) is 4.62. The quantitative estimate of drug-likeness (QED) is 0.624. The molecule has 1 aromatic heterocycles. The van der Waals surface area contributed by atoms with E-state index >= 15 is 0 Å². The molecule has 1 saturated heterocycles. The molecule has 0 saturated carbocycles. The smallest absolute Gasteiger partial charge is 0.323 e. The third kappa shape index (κ3) is 2.08. The van der Waals surface area contributed by atoms with Gasteiger partial charge in [0.15, 0.2) is 0 Å². The summed E-state index contributed by atoms with van der Waals surface area (Å²) in [5.41, 5.74) is 3.67. The molecule has 0 spiro atoms. The van der Waals surface area contributed by atoms with Crippen LogP contribution in [0.3, 0.4) is 0 Å². The molecule has 0 amide bonds. The molecule has 98 valence electrons. The third-order valence-corrected chi connectivity index (χ3v) is 4.43. The Kier molecular flexibility index (Phi) is 2.94. The molecule has 2 unspecified atom stereocenters. The van der Waals surface area contributed by atoms with Crippen molar-refractivity contribution in [1.82, 2.24) is 15.8 Å². The van der Waals surface area contributed by atoms with Gasteiger partial charge in [0.25, 0.3) is 0 Å². The monoisotopic (exact) mass is 277 g/mol. The van der Waals surface area contributed by atoms with Crippen molar-refractivity contribution in [2.75, 3.05) is 6.54 Å². The molecule has 8 heteroatoms. The number of nitriles is 1. The van der Waals surface area contributed by atoms with Crippen molar-refractivity contribution in [2.24, 2.45) is 0 Å². The maximum Gasteiger partial charge on any atom is 0.324 e. The van der Waals surface area contributed by atoms with E-state index in [1.165, 1.54) is 17.4 Å². The Morgan fingerprint density at radius 1 is 1.58 bits per heavy atom. The molecule has 0 radical (unpaired) electrons. The minimum absolute atomic E-state index is 0.0524. The van der Waals surface area contributed by atoms with E-state index in [1.54, 1.807) is 12.3 Å². The topological polar surface area (TPSA) is 94.2 Å². The van der Waals surface area contributed by atoms with E-state index < -0.39 is 0 Å². The van der Waals surface area contributed by atoms with Gasteiger partial charge in [-0.2, -0.15) is 5.26 Å². The second-order valence-corrected chi connectivity index (χ2v) is 5.47. The molecule has 1 fully saturated rings. The normalized spacial score (nSPS) is 26.2. The Hall–Kier alpha value is -1.95. The Morgan fingerprint density at radius 3 is 3.11 bits per heavy atom. The van der Waals surface area contributed by atoms with Crippen molar-refractivity contribution in [2.45, 2.75) is 18.6 Å². The van der Waals surface area contributed by atoms with Crippen LogP contribution in [0.25, 0.3) is 0 Å². The SMILES string of the molecule is N#CC1=CNN2CCC(c3ccc([N+](=O)[O-])s3)NC12. The average molecular weight is 277 g/mol. The van der Waals surface area contributed by atoms with E-state index in [9.17, 15) is 10.1 Å². The van der Waals surface area contributed by atoms with Gasteiger partial charge in [-0.3, -0.25) is 15.4 Å². The Labute approximate surface area is 113 Å². The van der Waals surface area contributed by atoms with E-state index in [4.69, 9.17) is 5.26 Å². The molecular formula is C11H11N5O2S. The third-order valence-electron chi connectivity index (χ3n) is 3.27. The fourth-order valence-electron chi connectivity index (χ4n) is 2.33. The minimum atomic E-state index is -0.374. The number of thiophene rings is 1. The summed E-state index contributed by atoms with van der Waals surface area (Å²) in [5, 5.41) is 25.2. The van der Waals surface area contributed by atoms with Gasteiger partial charge in [0.05, 0.1) is 16.6 Å². The second-order valence-electron chi connectivity index (χ2n) is 4.38. The molecule has 2 aliphatic heterocycles. The van der Waals surface area contributed by atoms with Crippen molar-refractivity contribution in [3.05, 3.63) is 38.9 Å². The largest absolute Gasteiger partial charge is 0.324 e.